The molecule has 0 aliphatic carbocycles. The van der Waals surface area contributed by atoms with Crippen molar-refractivity contribution >= 4 is 5.91 Å². The third-order valence-corrected chi connectivity index (χ3v) is 3.05. The summed E-state index contributed by atoms with van der Waals surface area (Å²) >= 11 is 0. The summed E-state index contributed by atoms with van der Waals surface area (Å²) in [6, 6.07) is 9.27. The maximum Gasteiger partial charge on any atom is 0.264 e. The van der Waals surface area contributed by atoms with Gasteiger partial charge in [0.1, 0.15) is 11.4 Å². The molecule has 0 aliphatic heterocycles. The summed E-state index contributed by atoms with van der Waals surface area (Å²) in [5, 5.41) is 2.68. The van der Waals surface area contributed by atoms with Crippen LogP contribution in [0.4, 0.5) is 0 Å². The second-order valence-corrected chi connectivity index (χ2v) is 4.65. The topological polar surface area (TPSA) is 84.1 Å². The van der Waals surface area contributed by atoms with Gasteiger partial charge in [0, 0.05) is 31.5 Å². The Morgan fingerprint density at radius 2 is 2.09 bits per heavy atom. The summed E-state index contributed by atoms with van der Waals surface area (Å²) in [6.07, 6.45) is 2.01. The molecule has 6 nitrogen and oxygen atoms in total. The first-order valence-electron chi connectivity index (χ1n) is 7.23. The number of carbonyl (C=O) groups is 1. The summed E-state index contributed by atoms with van der Waals surface area (Å²) in [4.78, 5) is 30.7. The quantitative estimate of drug-likeness (QED) is 0.761. The lowest BCUT2D eigenvalue weighted by molar-refractivity contribution is 0.0942. The maximum atomic E-state index is 12.0. The van der Waals surface area contributed by atoms with Crippen LogP contribution in [0.25, 0.3) is 11.4 Å². The first-order valence-corrected chi connectivity index (χ1v) is 7.23. The molecule has 2 aromatic rings. The molecule has 0 bridgehead atoms. The van der Waals surface area contributed by atoms with Gasteiger partial charge < -0.3 is 15.0 Å². The van der Waals surface area contributed by atoms with Crippen molar-refractivity contribution in [2.24, 2.45) is 0 Å². The van der Waals surface area contributed by atoms with Crippen molar-refractivity contribution in [1.29, 1.82) is 0 Å². The second-order valence-electron chi connectivity index (χ2n) is 4.65. The number of H-pyrrole nitrogens is 1. The molecule has 6 heteroatoms. The van der Waals surface area contributed by atoms with E-state index in [2.05, 4.69) is 15.3 Å². The van der Waals surface area contributed by atoms with E-state index in [9.17, 15) is 9.59 Å². The fourth-order valence-corrected chi connectivity index (χ4v) is 1.92. The van der Waals surface area contributed by atoms with Gasteiger partial charge >= 0.3 is 0 Å². The van der Waals surface area contributed by atoms with E-state index in [1.165, 1.54) is 6.20 Å². The van der Waals surface area contributed by atoms with Gasteiger partial charge in [-0.05, 0) is 13.3 Å². The van der Waals surface area contributed by atoms with Crippen LogP contribution in [-0.2, 0) is 4.74 Å². The van der Waals surface area contributed by atoms with Gasteiger partial charge in [-0.3, -0.25) is 9.59 Å². The molecular weight excluding hydrogens is 282 g/mol. The third kappa shape index (κ3) is 4.26. The SMILES string of the molecule is CCOCCCNC(=O)c1cnc(-c2ccccc2)[nH]c1=O. The molecule has 0 spiro atoms. The van der Waals surface area contributed by atoms with Gasteiger partial charge in [-0.25, -0.2) is 4.98 Å². The molecule has 116 valence electrons. The molecule has 0 radical (unpaired) electrons. The number of hydrogen-bond donors (Lipinski definition) is 2. The van der Waals surface area contributed by atoms with Crippen molar-refractivity contribution in [2.75, 3.05) is 19.8 Å². The van der Waals surface area contributed by atoms with Crippen LogP contribution in [0, 0.1) is 0 Å². The molecule has 0 aliphatic rings. The lowest BCUT2D eigenvalue weighted by atomic mass is 10.2. The van der Waals surface area contributed by atoms with Crippen LogP contribution in [0.2, 0.25) is 0 Å². The van der Waals surface area contributed by atoms with Crippen molar-refractivity contribution < 1.29 is 9.53 Å². The van der Waals surface area contributed by atoms with E-state index in [1.807, 2.05) is 37.3 Å². The second kappa shape index (κ2) is 8.09. The lowest BCUT2D eigenvalue weighted by Gasteiger charge is -2.05. The number of nitrogens with one attached hydrogen (secondary N) is 2. The van der Waals surface area contributed by atoms with Crippen LogP contribution in [0.3, 0.4) is 0 Å². The molecule has 1 aromatic heterocycles. The van der Waals surface area contributed by atoms with Crippen LogP contribution >= 0.6 is 0 Å². The van der Waals surface area contributed by atoms with E-state index < -0.39 is 11.5 Å². The summed E-state index contributed by atoms with van der Waals surface area (Å²) in [5.74, 6) is 0.0170. The Kier molecular flexibility index (Phi) is 5.85. The van der Waals surface area contributed by atoms with Crippen molar-refractivity contribution in [1.82, 2.24) is 15.3 Å². The minimum absolute atomic E-state index is 0.0103. The molecule has 1 amide bonds. The highest BCUT2D eigenvalue weighted by Gasteiger charge is 2.11. The Morgan fingerprint density at radius 1 is 1.32 bits per heavy atom. The molecule has 1 heterocycles. The average Bonchev–Trinajstić information content (AvgIpc) is 2.55. The summed E-state index contributed by atoms with van der Waals surface area (Å²) in [6.45, 7) is 3.60. The van der Waals surface area contributed by atoms with Crippen LogP contribution < -0.4 is 10.9 Å². The molecular formula is C16H19N3O3. The predicted molar refractivity (Wildman–Crippen MR) is 83.7 cm³/mol. The van der Waals surface area contributed by atoms with Crippen LogP contribution in [0.1, 0.15) is 23.7 Å². The Morgan fingerprint density at radius 3 is 2.77 bits per heavy atom. The molecule has 0 atom stereocenters. The van der Waals surface area contributed by atoms with Gasteiger partial charge in [-0.1, -0.05) is 30.3 Å². The molecule has 1 aromatic carbocycles. The largest absolute Gasteiger partial charge is 0.382 e. The standard InChI is InChI=1S/C16H19N3O3/c1-2-22-10-6-9-17-15(20)13-11-18-14(19-16(13)21)12-7-4-3-5-8-12/h3-5,7-8,11H,2,6,9-10H2,1H3,(H,17,20)(H,18,19,21). The zero-order valence-electron chi connectivity index (χ0n) is 12.5. The fraction of sp³-hybridized carbons (Fsp3) is 0.312. The van der Waals surface area contributed by atoms with E-state index in [4.69, 9.17) is 4.74 Å². The zero-order valence-corrected chi connectivity index (χ0v) is 12.5. The molecule has 2 N–H and O–H groups in total. The number of carbonyl (C=O) groups excluding carboxylic acids is 1. The van der Waals surface area contributed by atoms with Crippen LogP contribution in [-0.4, -0.2) is 35.6 Å². The number of rotatable bonds is 7. The number of aromatic amines is 1. The van der Waals surface area contributed by atoms with Crippen LogP contribution in [0.5, 0.6) is 0 Å². The van der Waals surface area contributed by atoms with E-state index >= 15 is 0 Å². The van der Waals surface area contributed by atoms with E-state index in [-0.39, 0.29) is 5.56 Å². The Bertz CT molecular complexity index is 668. The number of aromatic nitrogens is 2. The lowest BCUT2D eigenvalue weighted by Crippen LogP contribution is -2.31. The maximum absolute atomic E-state index is 12.0. The first-order chi connectivity index (χ1) is 10.7. The van der Waals surface area contributed by atoms with Gasteiger partial charge in [0.15, 0.2) is 0 Å². The molecule has 0 unspecified atom stereocenters. The number of hydrogen-bond acceptors (Lipinski definition) is 4. The normalized spacial score (nSPS) is 10.4. The van der Waals surface area contributed by atoms with E-state index in [0.717, 1.165) is 5.56 Å². The highest BCUT2D eigenvalue weighted by atomic mass is 16.5. The molecule has 22 heavy (non-hydrogen) atoms. The molecule has 0 saturated carbocycles. The fourth-order valence-electron chi connectivity index (χ4n) is 1.92. The molecule has 2 rings (SSSR count). The van der Waals surface area contributed by atoms with Gasteiger partial charge in [-0.2, -0.15) is 0 Å². The van der Waals surface area contributed by atoms with Gasteiger partial charge in [0.25, 0.3) is 11.5 Å². The zero-order chi connectivity index (χ0) is 15.8. The monoisotopic (exact) mass is 301 g/mol. The summed E-state index contributed by atoms with van der Waals surface area (Å²) in [5.41, 5.74) is 0.357. The van der Waals surface area contributed by atoms with Crippen molar-refractivity contribution in [2.45, 2.75) is 13.3 Å². The average molecular weight is 301 g/mol. The minimum atomic E-state index is -0.448. The number of amides is 1. The number of benzene rings is 1. The Hall–Kier alpha value is -2.47. The Labute approximate surface area is 128 Å². The smallest absolute Gasteiger partial charge is 0.264 e. The van der Waals surface area contributed by atoms with E-state index in [0.29, 0.717) is 32.0 Å². The molecule has 0 saturated heterocycles. The predicted octanol–water partition coefficient (Wildman–Crippen LogP) is 1.59. The van der Waals surface area contributed by atoms with E-state index in [1.54, 1.807) is 0 Å². The molecule has 0 fully saturated rings. The minimum Gasteiger partial charge on any atom is -0.382 e. The van der Waals surface area contributed by atoms with Crippen molar-refractivity contribution in [3.63, 3.8) is 0 Å². The van der Waals surface area contributed by atoms with Crippen LogP contribution in [0.15, 0.2) is 41.3 Å². The van der Waals surface area contributed by atoms with Gasteiger partial charge in [-0.15, -0.1) is 0 Å². The summed E-state index contributed by atoms with van der Waals surface area (Å²) < 4.78 is 5.18. The number of ether oxygens (including phenoxy) is 1. The van der Waals surface area contributed by atoms with Gasteiger partial charge in [0.05, 0.1) is 0 Å². The Balaban J connectivity index is 2.01. The number of nitrogens with zero attached hydrogens (tertiary/aromatic N) is 1. The summed E-state index contributed by atoms with van der Waals surface area (Å²) in [7, 11) is 0. The first kappa shape index (κ1) is 15.9. The highest BCUT2D eigenvalue weighted by molar-refractivity contribution is 5.93. The highest BCUT2D eigenvalue weighted by Crippen LogP contribution is 2.11. The van der Waals surface area contributed by atoms with Crippen molar-refractivity contribution in [3.8, 4) is 11.4 Å². The third-order valence-electron chi connectivity index (χ3n) is 3.05. The van der Waals surface area contributed by atoms with Crippen molar-refractivity contribution in [3.05, 3.63) is 52.4 Å². The van der Waals surface area contributed by atoms with Gasteiger partial charge in [0.2, 0.25) is 0 Å².